The second-order valence-corrected chi connectivity index (χ2v) is 3.94. The summed E-state index contributed by atoms with van der Waals surface area (Å²) in [5.74, 6) is 1.85. The van der Waals surface area contributed by atoms with Gasteiger partial charge in [0.25, 0.3) is 0 Å². The van der Waals surface area contributed by atoms with Gasteiger partial charge in [0, 0.05) is 0 Å². The summed E-state index contributed by atoms with van der Waals surface area (Å²) in [5, 5.41) is 9.55. The average molecular weight is 140 g/mol. The normalized spacial score (nSPS) is 12.9. The lowest BCUT2D eigenvalue weighted by Gasteiger charge is -2.35. The minimum absolute atomic E-state index is 0.0747. The topological polar surface area (TPSA) is 20.2 Å². The van der Waals surface area contributed by atoms with E-state index in [9.17, 15) is 5.11 Å². The molecule has 0 aromatic heterocycles. The first-order chi connectivity index (χ1) is 4.31. The Hall–Kier alpha value is -0.235. The van der Waals surface area contributed by atoms with Crippen molar-refractivity contribution in [3.8, 4) is 0 Å². The van der Waals surface area contributed by atoms with Crippen molar-refractivity contribution in [3.63, 3.8) is 0 Å². The number of hydrogen-bond acceptors (Lipinski definition) is 1. The number of aliphatic hydroxyl groups is 1. The lowest BCUT2D eigenvalue weighted by molar-refractivity contribution is 0.0409. The van der Waals surface area contributed by atoms with Gasteiger partial charge in [-0.05, 0) is 19.2 Å². The predicted octanol–water partition coefficient (Wildman–Crippen LogP) is 1.54. The fourth-order valence-corrected chi connectivity index (χ4v) is 0.611. The first-order valence-corrected chi connectivity index (χ1v) is 3.64. The van der Waals surface area contributed by atoms with Crippen LogP contribution in [0.3, 0.4) is 0 Å². The zero-order valence-electron chi connectivity index (χ0n) is 7.44. The van der Waals surface area contributed by atoms with Crippen LogP contribution in [0.1, 0.15) is 27.7 Å². The van der Waals surface area contributed by atoms with Crippen LogP contribution in [0.2, 0.25) is 5.31 Å². The van der Waals surface area contributed by atoms with Crippen LogP contribution < -0.4 is 0 Å². The Morgan fingerprint density at radius 3 is 1.80 bits per heavy atom. The molecule has 0 aliphatic heterocycles. The van der Waals surface area contributed by atoms with Crippen LogP contribution in [0.15, 0.2) is 12.6 Å². The van der Waals surface area contributed by atoms with Gasteiger partial charge in [0.2, 0.25) is 0 Å². The monoisotopic (exact) mass is 140 g/mol. The Labute approximate surface area is 64.4 Å². The Bertz CT molecular complexity index is 122. The Balaban J connectivity index is 4.23. The van der Waals surface area contributed by atoms with Crippen molar-refractivity contribution < 1.29 is 5.11 Å². The van der Waals surface area contributed by atoms with Gasteiger partial charge in [-0.3, -0.25) is 0 Å². The lowest BCUT2D eigenvalue weighted by atomic mass is 9.48. The Kier molecular flexibility index (Phi) is 2.72. The minimum atomic E-state index is -0.624. The van der Waals surface area contributed by atoms with E-state index in [-0.39, 0.29) is 5.31 Å². The highest BCUT2D eigenvalue weighted by Crippen LogP contribution is 2.36. The fraction of sp³-hybridized carbons (Fsp3) is 0.750. The van der Waals surface area contributed by atoms with Crippen LogP contribution in [-0.4, -0.2) is 18.0 Å². The van der Waals surface area contributed by atoms with Gasteiger partial charge in [0.05, 0.1) is 5.60 Å². The summed E-state index contributed by atoms with van der Waals surface area (Å²) in [7, 11) is 0.844. The van der Waals surface area contributed by atoms with Gasteiger partial charge < -0.3 is 5.11 Å². The fourth-order valence-electron chi connectivity index (χ4n) is 0.611. The van der Waals surface area contributed by atoms with Gasteiger partial charge in [-0.2, -0.15) is 0 Å². The molecule has 0 bridgehead atoms. The van der Waals surface area contributed by atoms with Crippen LogP contribution >= 0.6 is 0 Å². The lowest BCUT2D eigenvalue weighted by Crippen LogP contribution is -2.36. The van der Waals surface area contributed by atoms with Crippen molar-refractivity contribution in [2.24, 2.45) is 0 Å². The largest absolute Gasteiger partial charge is 0.391 e. The first kappa shape index (κ1) is 9.76. The number of hydrogen-bond donors (Lipinski definition) is 1. The van der Waals surface area contributed by atoms with Crippen molar-refractivity contribution in [2.45, 2.75) is 38.6 Å². The van der Waals surface area contributed by atoms with E-state index in [0.717, 1.165) is 7.28 Å². The van der Waals surface area contributed by atoms with Crippen LogP contribution in [0.5, 0.6) is 0 Å². The molecular weight excluding hydrogens is 123 g/mol. The molecule has 0 aliphatic rings. The predicted molar refractivity (Wildman–Crippen MR) is 47.7 cm³/mol. The van der Waals surface area contributed by atoms with Crippen LogP contribution in [0, 0.1) is 0 Å². The van der Waals surface area contributed by atoms with Gasteiger partial charge in [-0.15, -0.1) is 12.6 Å². The zero-order chi connectivity index (χ0) is 8.41. The van der Waals surface area contributed by atoms with Gasteiger partial charge in [-0.25, -0.2) is 0 Å². The van der Waals surface area contributed by atoms with Crippen molar-refractivity contribution in [3.05, 3.63) is 12.6 Å². The summed E-state index contributed by atoms with van der Waals surface area (Å²) in [5.41, 5.74) is -0.624. The molecule has 2 heteroatoms. The maximum absolute atomic E-state index is 9.63. The van der Waals surface area contributed by atoms with E-state index >= 15 is 0 Å². The summed E-state index contributed by atoms with van der Waals surface area (Å²) in [6.45, 7) is 11.4. The Morgan fingerprint density at radius 1 is 1.30 bits per heavy atom. The standard InChI is InChI=1S/C8H17BO/c1-6-9-7(2,3)8(4,5)10/h6,9-10H,1H2,2-5H3. The molecule has 0 fully saturated rings. The van der Waals surface area contributed by atoms with Gasteiger partial charge in [0.15, 0.2) is 7.28 Å². The zero-order valence-corrected chi connectivity index (χ0v) is 7.44. The molecule has 0 rings (SSSR count). The number of rotatable bonds is 3. The quantitative estimate of drug-likeness (QED) is 0.589. The average Bonchev–Trinajstić information content (AvgIpc) is 1.61. The highest BCUT2D eigenvalue weighted by molar-refractivity contribution is 6.46. The van der Waals surface area contributed by atoms with Crippen molar-refractivity contribution in [1.82, 2.24) is 0 Å². The third-order valence-corrected chi connectivity index (χ3v) is 2.31. The van der Waals surface area contributed by atoms with E-state index in [2.05, 4.69) is 6.58 Å². The molecule has 0 saturated heterocycles. The first-order valence-electron chi connectivity index (χ1n) is 3.64. The molecule has 0 radical (unpaired) electrons. The van der Waals surface area contributed by atoms with Crippen molar-refractivity contribution >= 4 is 7.28 Å². The highest BCUT2D eigenvalue weighted by atomic mass is 16.3. The van der Waals surface area contributed by atoms with E-state index in [4.69, 9.17) is 0 Å². The molecule has 1 nitrogen and oxygen atoms in total. The molecule has 0 aromatic rings. The summed E-state index contributed by atoms with van der Waals surface area (Å²) in [6, 6.07) is 0. The van der Waals surface area contributed by atoms with Crippen LogP contribution in [0.25, 0.3) is 0 Å². The summed E-state index contributed by atoms with van der Waals surface area (Å²) in [6.07, 6.45) is 0. The van der Waals surface area contributed by atoms with Crippen molar-refractivity contribution in [1.29, 1.82) is 0 Å². The molecular formula is C8H17BO. The molecule has 0 heterocycles. The third-order valence-electron chi connectivity index (χ3n) is 2.31. The molecule has 0 unspecified atom stereocenters. The smallest absolute Gasteiger partial charge is 0.156 e. The second-order valence-electron chi connectivity index (χ2n) is 3.94. The third kappa shape index (κ3) is 2.18. The molecule has 58 valence electrons. The van der Waals surface area contributed by atoms with Crippen LogP contribution in [-0.2, 0) is 0 Å². The molecule has 0 aromatic carbocycles. The van der Waals surface area contributed by atoms with E-state index in [0.29, 0.717) is 0 Å². The van der Waals surface area contributed by atoms with Gasteiger partial charge in [0.1, 0.15) is 0 Å². The molecule has 0 aliphatic carbocycles. The minimum Gasteiger partial charge on any atom is -0.391 e. The van der Waals surface area contributed by atoms with Gasteiger partial charge >= 0.3 is 0 Å². The molecule has 0 spiro atoms. The van der Waals surface area contributed by atoms with E-state index < -0.39 is 5.60 Å². The summed E-state index contributed by atoms with van der Waals surface area (Å²) >= 11 is 0. The van der Waals surface area contributed by atoms with E-state index in [1.165, 1.54) is 0 Å². The summed E-state index contributed by atoms with van der Waals surface area (Å²) < 4.78 is 0. The van der Waals surface area contributed by atoms with E-state index in [1.807, 2.05) is 33.7 Å². The molecule has 0 amide bonds. The second kappa shape index (κ2) is 2.79. The highest BCUT2D eigenvalue weighted by Gasteiger charge is 2.33. The van der Waals surface area contributed by atoms with Crippen LogP contribution in [0.4, 0.5) is 0 Å². The molecule has 10 heavy (non-hydrogen) atoms. The molecule has 1 N–H and O–H groups in total. The summed E-state index contributed by atoms with van der Waals surface area (Å²) in [4.78, 5) is 0. The maximum Gasteiger partial charge on any atom is 0.156 e. The SMILES string of the molecule is C=CBC(C)(C)C(C)(C)O. The maximum atomic E-state index is 9.63. The molecule has 0 saturated carbocycles. The van der Waals surface area contributed by atoms with Crippen molar-refractivity contribution in [2.75, 3.05) is 0 Å². The van der Waals surface area contributed by atoms with E-state index in [1.54, 1.807) is 0 Å². The molecule has 0 atom stereocenters. The van der Waals surface area contributed by atoms with Gasteiger partial charge in [-0.1, -0.05) is 13.8 Å². The Morgan fingerprint density at radius 2 is 1.70 bits per heavy atom.